The highest BCUT2D eigenvalue weighted by molar-refractivity contribution is 4.85. The lowest BCUT2D eigenvalue weighted by atomic mass is 10.5. The molecule has 42 valence electrons. The zero-order valence-corrected chi connectivity index (χ0v) is 4.68. The van der Waals surface area contributed by atoms with Crippen LogP contribution in [0.4, 0.5) is 0 Å². The van der Waals surface area contributed by atoms with E-state index in [-0.39, 0.29) is 0 Å². The lowest BCUT2D eigenvalue weighted by Crippen LogP contribution is -1.91. The van der Waals surface area contributed by atoms with Crippen LogP contribution in [0.3, 0.4) is 0 Å². The highest BCUT2D eigenvalue weighted by Gasteiger charge is 1.77. The van der Waals surface area contributed by atoms with Crippen molar-refractivity contribution in [2.75, 3.05) is 13.2 Å². The predicted molar refractivity (Wildman–Crippen MR) is 33.1 cm³/mol. The largest absolute Gasteiger partial charge is 0.368 e. The first-order valence-electron chi connectivity index (χ1n) is 2.36. The van der Waals surface area contributed by atoms with Gasteiger partial charge in [-0.2, -0.15) is 0 Å². The molecule has 0 aromatic carbocycles. The average molecular weight is 108 g/mol. The third kappa shape index (κ3) is 5.08. The fraction of sp³-hybridized carbons (Fsp3) is 0.429. The van der Waals surface area contributed by atoms with Gasteiger partial charge in [-0.25, -0.2) is 0 Å². The van der Waals surface area contributed by atoms with Crippen LogP contribution in [0.2, 0.25) is 0 Å². The molecule has 0 N–H and O–H groups in total. The van der Waals surface area contributed by atoms with Crippen molar-refractivity contribution in [2.45, 2.75) is 6.42 Å². The summed E-state index contributed by atoms with van der Waals surface area (Å²) in [5.41, 5.74) is 0. The van der Waals surface area contributed by atoms with E-state index in [0.717, 1.165) is 0 Å². The van der Waals surface area contributed by atoms with E-state index in [4.69, 9.17) is 17.6 Å². The van der Waals surface area contributed by atoms with Crippen molar-refractivity contribution < 1.29 is 4.74 Å². The van der Waals surface area contributed by atoms with Gasteiger partial charge in [0.2, 0.25) is 0 Å². The lowest BCUT2D eigenvalue weighted by molar-refractivity contribution is 0.174. The van der Waals surface area contributed by atoms with Crippen molar-refractivity contribution in [1.29, 1.82) is 0 Å². The summed E-state index contributed by atoms with van der Waals surface area (Å²) in [4.78, 5) is 0. The van der Waals surface area contributed by atoms with Crippen LogP contribution >= 0.6 is 0 Å². The van der Waals surface area contributed by atoms with E-state index >= 15 is 0 Å². The van der Waals surface area contributed by atoms with Crippen molar-refractivity contribution in [2.24, 2.45) is 0 Å². The Kier molecular flexibility index (Phi) is 5.38. The van der Waals surface area contributed by atoms with Crippen molar-refractivity contribution in [3.8, 4) is 24.7 Å². The first kappa shape index (κ1) is 7.08. The quantitative estimate of drug-likeness (QED) is 0.381. The Morgan fingerprint density at radius 1 is 1.25 bits per heavy atom. The Bertz CT molecular complexity index is 97.3. The van der Waals surface area contributed by atoms with E-state index in [1.807, 2.05) is 0 Å². The lowest BCUT2D eigenvalue weighted by Gasteiger charge is -1.91. The first-order chi connectivity index (χ1) is 3.91. The summed E-state index contributed by atoms with van der Waals surface area (Å²) < 4.78 is 4.84. The molecule has 0 aromatic rings. The topological polar surface area (TPSA) is 9.23 Å². The van der Waals surface area contributed by atoms with Crippen LogP contribution in [0.5, 0.6) is 0 Å². The van der Waals surface area contributed by atoms with Crippen molar-refractivity contribution in [3.63, 3.8) is 0 Å². The summed E-state index contributed by atoms with van der Waals surface area (Å²) in [5, 5.41) is 0. The number of ether oxygens (including phenoxy) is 1. The summed E-state index contributed by atoms with van der Waals surface area (Å²) in [5.74, 6) is 4.77. The van der Waals surface area contributed by atoms with Gasteiger partial charge < -0.3 is 4.74 Å². The monoisotopic (exact) mass is 108 g/mol. The van der Waals surface area contributed by atoms with Crippen LogP contribution in [0.25, 0.3) is 0 Å². The molecule has 0 aliphatic rings. The summed E-state index contributed by atoms with van der Waals surface area (Å²) in [6.07, 6.45) is 10.5. The van der Waals surface area contributed by atoms with Gasteiger partial charge in [-0.15, -0.1) is 18.8 Å². The normalized spacial score (nSPS) is 7.25. The van der Waals surface area contributed by atoms with Crippen LogP contribution in [-0.4, -0.2) is 13.2 Å². The SMILES string of the molecule is C#CCCOCC#C. The highest BCUT2D eigenvalue weighted by atomic mass is 16.5. The third-order valence-corrected chi connectivity index (χ3v) is 0.576. The van der Waals surface area contributed by atoms with Gasteiger partial charge in [0.1, 0.15) is 6.61 Å². The minimum absolute atomic E-state index is 0.363. The molecule has 0 aliphatic heterocycles. The highest BCUT2D eigenvalue weighted by Crippen LogP contribution is 1.76. The molecule has 0 amide bonds. The maximum atomic E-state index is 4.93. The molecule has 0 radical (unpaired) electrons. The summed E-state index contributed by atoms with van der Waals surface area (Å²) in [6, 6.07) is 0. The molecular weight excluding hydrogens is 100 g/mol. The van der Waals surface area contributed by atoms with E-state index < -0.39 is 0 Å². The molecule has 0 fully saturated rings. The van der Waals surface area contributed by atoms with Crippen molar-refractivity contribution in [3.05, 3.63) is 0 Å². The van der Waals surface area contributed by atoms with E-state index in [2.05, 4.69) is 11.8 Å². The standard InChI is InChI=1S/C7H8O/c1-3-5-7-8-6-4-2/h1-2H,5-7H2. The molecule has 0 rings (SSSR count). The Morgan fingerprint density at radius 3 is 2.50 bits per heavy atom. The molecule has 0 saturated heterocycles. The molecule has 0 bridgehead atoms. The van der Waals surface area contributed by atoms with E-state index in [9.17, 15) is 0 Å². The Morgan fingerprint density at radius 2 is 2.00 bits per heavy atom. The fourth-order valence-corrected chi connectivity index (χ4v) is 0.262. The van der Waals surface area contributed by atoms with E-state index in [1.165, 1.54) is 0 Å². The van der Waals surface area contributed by atoms with Gasteiger partial charge in [0.15, 0.2) is 0 Å². The van der Waals surface area contributed by atoms with Crippen LogP contribution in [-0.2, 0) is 4.74 Å². The van der Waals surface area contributed by atoms with Crippen molar-refractivity contribution in [1.82, 2.24) is 0 Å². The first-order valence-corrected chi connectivity index (χ1v) is 2.36. The molecule has 0 aliphatic carbocycles. The smallest absolute Gasteiger partial charge is 0.107 e. The van der Waals surface area contributed by atoms with Gasteiger partial charge >= 0.3 is 0 Å². The summed E-state index contributed by atoms with van der Waals surface area (Å²) in [7, 11) is 0. The molecule has 0 aromatic heterocycles. The molecule has 0 atom stereocenters. The predicted octanol–water partition coefficient (Wildman–Crippen LogP) is 0.659. The van der Waals surface area contributed by atoms with E-state index in [0.29, 0.717) is 19.6 Å². The van der Waals surface area contributed by atoms with Gasteiger partial charge in [0.25, 0.3) is 0 Å². The van der Waals surface area contributed by atoms with Gasteiger partial charge in [0, 0.05) is 6.42 Å². The molecule has 0 spiro atoms. The second-order valence-corrected chi connectivity index (χ2v) is 1.21. The summed E-state index contributed by atoms with van der Waals surface area (Å²) >= 11 is 0. The molecule has 8 heavy (non-hydrogen) atoms. The minimum Gasteiger partial charge on any atom is -0.368 e. The maximum Gasteiger partial charge on any atom is 0.107 e. The number of hydrogen-bond donors (Lipinski definition) is 0. The second-order valence-electron chi connectivity index (χ2n) is 1.21. The number of hydrogen-bond acceptors (Lipinski definition) is 1. The molecule has 1 nitrogen and oxygen atoms in total. The Balaban J connectivity index is 2.77. The second kappa shape index (κ2) is 6.08. The molecule has 0 unspecified atom stereocenters. The summed E-state index contributed by atoms with van der Waals surface area (Å²) in [6.45, 7) is 0.933. The molecule has 0 saturated carbocycles. The fourth-order valence-electron chi connectivity index (χ4n) is 0.262. The Labute approximate surface area is 50.0 Å². The number of terminal acetylenes is 2. The molecular formula is C7H8O. The number of rotatable bonds is 3. The van der Waals surface area contributed by atoms with Gasteiger partial charge in [0.05, 0.1) is 6.61 Å². The van der Waals surface area contributed by atoms with Gasteiger partial charge in [-0.1, -0.05) is 5.92 Å². The van der Waals surface area contributed by atoms with Crippen LogP contribution in [0.1, 0.15) is 6.42 Å². The van der Waals surface area contributed by atoms with E-state index in [1.54, 1.807) is 0 Å². The zero-order valence-electron chi connectivity index (χ0n) is 4.68. The zero-order chi connectivity index (χ0) is 6.24. The van der Waals surface area contributed by atoms with Crippen LogP contribution < -0.4 is 0 Å². The van der Waals surface area contributed by atoms with Crippen LogP contribution in [0.15, 0.2) is 0 Å². The minimum atomic E-state index is 0.363. The van der Waals surface area contributed by atoms with Gasteiger partial charge in [-0.05, 0) is 0 Å². The average Bonchev–Trinajstić information content (AvgIpc) is 1.81. The Hall–Kier alpha value is -0.920. The third-order valence-electron chi connectivity index (χ3n) is 0.576. The molecule has 1 heteroatoms. The van der Waals surface area contributed by atoms with Gasteiger partial charge in [-0.3, -0.25) is 0 Å². The maximum absolute atomic E-state index is 4.93. The molecule has 0 heterocycles. The van der Waals surface area contributed by atoms with Crippen molar-refractivity contribution >= 4 is 0 Å². The van der Waals surface area contributed by atoms with Crippen LogP contribution in [0, 0.1) is 24.7 Å².